The lowest BCUT2D eigenvalue weighted by Crippen LogP contribution is -2.43. The molecule has 4 rings (SSSR count). The average molecular weight is 569 g/mol. The molecule has 0 aliphatic carbocycles. The summed E-state index contributed by atoms with van der Waals surface area (Å²) in [6.07, 6.45) is -8.95. The standard InChI is InChI=1S/C25H19ClF6N6O/c26-18-6-2-1-5-14(18)19-10-17(24(27,28)29)16(11-33)23(36-19)38-9-3-4-13(12-38)35-20-8-7-15(22(34)37-20)21(39)25(30,31)32/h1-2,5-8,10,13H,3-4,9,12H2,(H3,34,35,37). The van der Waals surface area contributed by atoms with Crippen molar-refractivity contribution in [2.45, 2.75) is 31.2 Å². The predicted octanol–water partition coefficient (Wildman–Crippen LogP) is 6.10. The molecule has 3 heterocycles. The Morgan fingerprint density at radius 2 is 1.85 bits per heavy atom. The number of Topliss-reactive ketones (excluding diaryl/α,β-unsaturated/α-hetero) is 1. The summed E-state index contributed by atoms with van der Waals surface area (Å²) in [5, 5.41) is 12.8. The number of rotatable bonds is 5. The zero-order valence-corrected chi connectivity index (χ0v) is 20.6. The first kappa shape index (κ1) is 28.0. The van der Waals surface area contributed by atoms with Crippen LogP contribution in [0, 0.1) is 11.3 Å². The fourth-order valence-electron chi connectivity index (χ4n) is 4.30. The number of nitriles is 1. The molecule has 2 aromatic heterocycles. The molecule has 14 heteroatoms. The number of benzene rings is 1. The Labute approximate surface area is 223 Å². The summed E-state index contributed by atoms with van der Waals surface area (Å²) < 4.78 is 80.2. The first-order valence-electron chi connectivity index (χ1n) is 11.5. The number of carbonyl (C=O) groups is 1. The van der Waals surface area contributed by atoms with Gasteiger partial charge in [-0.15, -0.1) is 0 Å². The van der Waals surface area contributed by atoms with E-state index in [-0.39, 0.29) is 41.0 Å². The lowest BCUT2D eigenvalue weighted by molar-refractivity contribution is -0.137. The molecule has 1 aliphatic heterocycles. The van der Waals surface area contributed by atoms with Crippen LogP contribution >= 0.6 is 11.6 Å². The monoisotopic (exact) mass is 568 g/mol. The molecule has 1 saturated heterocycles. The Morgan fingerprint density at radius 3 is 2.46 bits per heavy atom. The molecule has 1 aliphatic rings. The lowest BCUT2D eigenvalue weighted by atomic mass is 10.0. The van der Waals surface area contributed by atoms with Crippen molar-refractivity contribution in [1.82, 2.24) is 9.97 Å². The fourth-order valence-corrected chi connectivity index (χ4v) is 4.53. The number of hydrogen-bond donors (Lipinski definition) is 2. The van der Waals surface area contributed by atoms with E-state index in [4.69, 9.17) is 17.3 Å². The van der Waals surface area contributed by atoms with Gasteiger partial charge < -0.3 is 16.0 Å². The SMILES string of the molecule is N#Cc1c(C(F)(F)F)cc(-c2ccccc2Cl)nc1N1CCCC(Nc2ccc(C(=O)C(F)(F)F)c(N)n2)C1. The smallest absolute Gasteiger partial charge is 0.383 e. The van der Waals surface area contributed by atoms with Crippen LogP contribution < -0.4 is 16.0 Å². The van der Waals surface area contributed by atoms with Gasteiger partial charge in [0.15, 0.2) is 0 Å². The third-order valence-electron chi connectivity index (χ3n) is 6.07. The second-order valence-corrected chi connectivity index (χ2v) is 9.14. The van der Waals surface area contributed by atoms with Gasteiger partial charge in [-0.3, -0.25) is 4.79 Å². The molecule has 39 heavy (non-hydrogen) atoms. The highest BCUT2D eigenvalue weighted by atomic mass is 35.5. The minimum absolute atomic E-state index is 0.0589. The Kier molecular flexibility index (Phi) is 7.61. The van der Waals surface area contributed by atoms with Crippen molar-refractivity contribution in [2.24, 2.45) is 0 Å². The number of hydrogen-bond acceptors (Lipinski definition) is 7. The van der Waals surface area contributed by atoms with Crippen LogP contribution in [-0.2, 0) is 6.18 Å². The minimum Gasteiger partial charge on any atom is -0.383 e. The van der Waals surface area contributed by atoms with Gasteiger partial charge in [0.05, 0.1) is 16.8 Å². The van der Waals surface area contributed by atoms with Gasteiger partial charge in [-0.25, -0.2) is 9.97 Å². The zero-order valence-electron chi connectivity index (χ0n) is 19.9. The van der Waals surface area contributed by atoms with Gasteiger partial charge in [-0.05, 0) is 37.1 Å². The number of nitrogen functional groups attached to an aromatic ring is 1. The van der Waals surface area contributed by atoms with Crippen molar-refractivity contribution in [1.29, 1.82) is 5.26 Å². The summed E-state index contributed by atoms with van der Waals surface area (Å²) in [7, 11) is 0. The maximum absolute atomic E-state index is 14.0. The zero-order chi connectivity index (χ0) is 28.5. The quantitative estimate of drug-likeness (QED) is 0.283. The maximum atomic E-state index is 14.0. The normalized spacial score (nSPS) is 16.1. The van der Waals surface area contributed by atoms with E-state index in [9.17, 15) is 36.4 Å². The fraction of sp³-hybridized carbons (Fsp3) is 0.280. The van der Waals surface area contributed by atoms with Crippen molar-refractivity contribution in [3.05, 3.63) is 64.2 Å². The largest absolute Gasteiger partial charge is 0.455 e. The molecule has 1 aromatic carbocycles. The van der Waals surface area contributed by atoms with E-state index in [1.807, 2.05) is 0 Å². The average Bonchev–Trinajstić information content (AvgIpc) is 2.87. The van der Waals surface area contributed by atoms with Gasteiger partial charge in [0.1, 0.15) is 29.1 Å². The summed E-state index contributed by atoms with van der Waals surface area (Å²) >= 11 is 6.21. The minimum atomic E-state index is -5.12. The second-order valence-electron chi connectivity index (χ2n) is 8.73. The Bertz CT molecular complexity index is 1450. The van der Waals surface area contributed by atoms with E-state index in [0.29, 0.717) is 12.8 Å². The number of nitrogens with zero attached hydrogens (tertiary/aromatic N) is 4. The Morgan fingerprint density at radius 1 is 1.13 bits per heavy atom. The molecule has 0 amide bonds. The number of nitrogens with two attached hydrogens (primary N) is 1. The topological polar surface area (TPSA) is 108 Å². The lowest BCUT2D eigenvalue weighted by Gasteiger charge is -2.35. The molecule has 0 radical (unpaired) electrons. The number of anilines is 3. The number of alkyl halides is 6. The van der Waals surface area contributed by atoms with Crippen LogP contribution in [0.5, 0.6) is 0 Å². The Balaban J connectivity index is 1.66. The molecule has 3 N–H and O–H groups in total. The summed E-state index contributed by atoms with van der Waals surface area (Å²) in [6.45, 7) is 0.382. The molecule has 3 aromatic rings. The van der Waals surface area contributed by atoms with Crippen molar-refractivity contribution in [2.75, 3.05) is 29.0 Å². The van der Waals surface area contributed by atoms with Crippen LogP contribution in [0.15, 0.2) is 42.5 Å². The van der Waals surface area contributed by atoms with Crippen LogP contribution in [0.3, 0.4) is 0 Å². The first-order chi connectivity index (χ1) is 18.3. The summed E-state index contributed by atoms with van der Waals surface area (Å²) in [6, 6.07) is 10.3. The third-order valence-corrected chi connectivity index (χ3v) is 6.40. The van der Waals surface area contributed by atoms with E-state index >= 15 is 0 Å². The molecule has 1 unspecified atom stereocenters. The number of piperidine rings is 1. The van der Waals surface area contributed by atoms with E-state index < -0.39 is 46.7 Å². The molecular weight excluding hydrogens is 550 g/mol. The van der Waals surface area contributed by atoms with Gasteiger partial charge in [0.25, 0.3) is 5.78 Å². The van der Waals surface area contributed by atoms with Crippen LogP contribution in [0.2, 0.25) is 5.02 Å². The molecule has 7 nitrogen and oxygen atoms in total. The summed E-state index contributed by atoms with van der Waals surface area (Å²) in [5.74, 6) is -2.85. The summed E-state index contributed by atoms with van der Waals surface area (Å²) in [5.41, 5.74) is 3.19. The molecule has 1 fully saturated rings. The van der Waals surface area contributed by atoms with Gasteiger partial charge >= 0.3 is 12.4 Å². The number of halogens is 7. The van der Waals surface area contributed by atoms with Gasteiger partial charge in [-0.2, -0.15) is 31.6 Å². The first-order valence-corrected chi connectivity index (χ1v) is 11.8. The van der Waals surface area contributed by atoms with Crippen LogP contribution in [0.1, 0.15) is 34.3 Å². The van der Waals surface area contributed by atoms with Crippen molar-refractivity contribution in [3.63, 3.8) is 0 Å². The van der Waals surface area contributed by atoms with Crippen LogP contribution in [-0.4, -0.2) is 41.1 Å². The maximum Gasteiger partial charge on any atom is 0.455 e. The highest BCUT2D eigenvalue weighted by Gasteiger charge is 2.41. The molecular formula is C25H19ClF6N6O. The summed E-state index contributed by atoms with van der Waals surface area (Å²) in [4.78, 5) is 21.3. The number of pyridine rings is 2. The number of carbonyl (C=O) groups excluding carboxylic acids is 1. The second kappa shape index (κ2) is 10.6. The number of nitrogens with one attached hydrogen (secondary N) is 1. The number of ketones is 1. The molecule has 204 valence electrons. The van der Waals surface area contributed by atoms with Crippen molar-refractivity contribution >= 4 is 34.8 Å². The highest BCUT2D eigenvalue weighted by Crippen LogP contribution is 2.39. The van der Waals surface area contributed by atoms with Gasteiger partial charge in [0.2, 0.25) is 0 Å². The third kappa shape index (κ3) is 6.01. The van der Waals surface area contributed by atoms with Crippen molar-refractivity contribution in [3.8, 4) is 17.3 Å². The van der Waals surface area contributed by atoms with E-state index in [0.717, 1.165) is 18.2 Å². The van der Waals surface area contributed by atoms with Gasteiger partial charge in [-0.1, -0.05) is 29.8 Å². The van der Waals surface area contributed by atoms with Crippen LogP contribution in [0.25, 0.3) is 11.3 Å². The predicted molar refractivity (Wildman–Crippen MR) is 132 cm³/mol. The molecule has 1 atom stereocenters. The van der Waals surface area contributed by atoms with E-state index in [2.05, 4.69) is 15.3 Å². The van der Waals surface area contributed by atoms with Crippen LogP contribution in [0.4, 0.5) is 43.8 Å². The molecule has 0 spiro atoms. The molecule has 0 bridgehead atoms. The van der Waals surface area contributed by atoms with Crippen molar-refractivity contribution < 1.29 is 31.1 Å². The van der Waals surface area contributed by atoms with E-state index in [1.54, 1.807) is 18.2 Å². The number of aromatic nitrogens is 2. The van der Waals surface area contributed by atoms with E-state index in [1.165, 1.54) is 17.0 Å². The Hall–Kier alpha value is -4.05. The highest BCUT2D eigenvalue weighted by molar-refractivity contribution is 6.33. The van der Waals surface area contributed by atoms with Gasteiger partial charge in [0, 0.05) is 29.7 Å². The molecule has 0 saturated carbocycles.